The lowest BCUT2D eigenvalue weighted by molar-refractivity contribution is 0.634. The molecule has 1 aromatic carbocycles. The summed E-state index contributed by atoms with van der Waals surface area (Å²) in [7, 11) is 0. The van der Waals surface area contributed by atoms with E-state index in [0.29, 0.717) is 6.54 Å². The summed E-state index contributed by atoms with van der Waals surface area (Å²) >= 11 is 7.41. The number of aromatic nitrogens is 2. The molecule has 0 aliphatic carbocycles. The van der Waals surface area contributed by atoms with Crippen LogP contribution in [0.2, 0.25) is 0 Å². The van der Waals surface area contributed by atoms with Gasteiger partial charge in [-0.15, -0.1) is 0 Å². The number of hydrogen-bond acceptors (Lipinski definition) is 3. The predicted molar refractivity (Wildman–Crippen MR) is 85.7 cm³/mol. The first-order chi connectivity index (χ1) is 9.15. The van der Waals surface area contributed by atoms with Crippen LogP contribution in [0.5, 0.6) is 0 Å². The summed E-state index contributed by atoms with van der Waals surface area (Å²) in [5.41, 5.74) is 10.5. The quantitative estimate of drug-likeness (QED) is 0.850. The molecule has 0 bridgehead atoms. The highest BCUT2D eigenvalue weighted by Gasteiger charge is 2.23. The normalized spacial score (nSPS) is 14.1. The minimum Gasteiger partial charge on any atom is -0.354 e. The van der Waals surface area contributed by atoms with Gasteiger partial charge in [-0.2, -0.15) is 0 Å². The fourth-order valence-electron chi connectivity index (χ4n) is 2.69. The summed E-state index contributed by atoms with van der Waals surface area (Å²) < 4.78 is 4.56. The van der Waals surface area contributed by atoms with Gasteiger partial charge in [-0.05, 0) is 46.8 Å². The SMILES string of the molecule is Cc1c(Br)c2c3c(nc(NCCN)n3CCC2)c1Br. The second-order valence-electron chi connectivity index (χ2n) is 4.83. The maximum atomic E-state index is 5.57. The van der Waals surface area contributed by atoms with Gasteiger partial charge in [0.2, 0.25) is 5.95 Å². The summed E-state index contributed by atoms with van der Waals surface area (Å²) in [4.78, 5) is 4.75. The third-order valence-electron chi connectivity index (χ3n) is 3.62. The summed E-state index contributed by atoms with van der Waals surface area (Å²) in [6.07, 6.45) is 2.25. The molecule has 0 spiro atoms. The van der Waals surface area contributed by atoms with Gasteiger partial charge in [-0.3, -0.25) is 0 Å². The van der Waals surface area contributed by atoms with Gasteiger partial charge in [0.25, 0.3) is 0 Å². The smallest absolute Gasteiger partial charge is 0.203 e. The predicted octanol–water partition coefficient (Wildman–Crippen LogP) is 3.19. The van der Waals surface area contributed by atoms with E-state index < -0.39 is 0 Å². The zero-order chi connectivity index (χ0) is 13.6. The zero-order valence-corrected chi connectivity index (χ0v) is 13.9. The molecular weight excluding hydrogens is 372 g/mol. The number of rotatable bonds is 3. The molecule has 0 fully saturated rings. The molecule has 0 radical (unpaired) electrons. The molecule has 4 nitrogen and oxygen atoms in total. The molecule has 19 heavy (non-hydrogen) atoms. The molecule has 6 heteroatoms. The molecule has 3 rings (SSSR count). The molecule has 0 unspecified atom stereocenters. The Morgan fingerprint density at radius 3 is 2.89 bits per heavy atom. The standard InChI is InChI=1S/C13H16Br2N4/c1-7-9(14)8-3-2-6-19-12(8)11(10(7)15)18-13(19)17-5-4-16/h2-6,16H2,1H3,(H,17,18). The van der Waals surface area contributed by atoms with E-state index in [-0.39, 0.29) is 0 Å². The summed E-state index contributed by atoms with van der Waals surface area (Å²) in [5.74, 6) is 0.930. The maximum Gasteiger partial charge on any atom is 0.203 e. The molecule has 2 heterocycles. The topological polar surface area (TPSA) is 55.9 Å². The van der Waals surface area contributed by atoms with Crippen molar-refractivity contribution in [3.05, 3.63) is 20.1 Å². The number of hydrogen-bond donors (Lipinski definition) is 2. The van der Waals surface area contributed by atoms with Gasteiger partial charge >= 0.3 is 0 Å². The van der Waals surface area contributed by atoms with Crippen molar-refractivity contribution in [3.63, 3.8) is 0 Å². The lowest BCUT2D eigenvalue weighted by Crippen LogP contribution is -2.17. The molecular formula is C13H16Br2N4. The van der Waals surface area contributed by atoms with Crippen LogP contribution in [0.1, 0.15) is 17.5 Å². The highest BCUT2D eigenvalue weighted by Crippen LogP contribution is 2.40. The Labute approximate surface area is 129 Å². The average molecular weight is 388 g/mol. The fraction of sp³-hybridized carbons (Fsp3) is 0.462. The maximum absolute atomic E-state index is 5.57. The van der Waals surface area contributed by atoms with Crippen LogP contribution in [-0.4, -0.2) is 22.6 Å². The van der Waals surface area contributed by atoms with Gasteiger partial charge < -0.3 is 15.6 Å². The average Bonchev–Trinajstić information content (AvgIpc) is 2.80. The van der Waals surface area contributed by atoms with E-state index >= 15 is 0 Å². The summed E-state index contributed by atoms with van der Waals surface area (Å²) in [6.45, 7) is 4.49. The highest BCUT2D eigenvalue weighted by molar-refractivity contribution is 9.11. The third kappa shape index (κ3) is 2.00. The van der Waals surface area contributed by atoms with Crippen LogP contribution in [-0.2, 0) is 13.0 Å². The van der Waals surface area contributed by atoms with Crippen LogP contribution < -0.4 is 11.1 Å². The molecule has 102 valence electrons. The molecule has 0 saturated carbocycles. The van der Waals surface area contributed by atoms with Crippen LogP contribution in [0.4, 0.5) is 5.95 Å². The Balaban J connectivity index is 2.29. The first kappa shape index (κ1) is 13.4. The second kappa shape index (κ2) is 5.07. The number of nitrogens with one attached hydrogen (secondary N) is 1. The van der Waals surface area contributed by atoms with Gasteiger partial charge in [0.05, 0.1) is 5.52 Å². The number of anilines is 1. The van der Waals surface area contributed by atoms with Gasteiger partial charge in [-0.1, -0.05) is 15.9 Å². The second-order valence-corrected chi connectivity index (χ2v) is 6.42. The molecule has 0 saturated heterocycles. The molecule has 1 aromatic heterocycles. The molecule has 0 atom stereocenters. The largest absolute Gasteiger partial charge is 0.354 e. The molecule has 1 aliphatic heterocycles. The summed E-state index contributed by atoms with van der Waals surface area (Å²) in [5, 5.41) is 3.32. The van der Waals surface area contributed by atoms with Crippen molar-refractivity contribution in [2.45, 2.75) is 26.3 Å². The Bertz CT molecular complexity index is 648. The van der Waals surface area contributed by atoms with Crippen molar-refractivity contribution in [3.8, 4) is 0 Å². The van der Waals surface area contributed by atoms with Crippen LogP contribution >= 0.6 is 31.9 Å². The molecule has 3 N–H and O–H groups in total. The van der Waals surface area contributed by atoms with E-state index in [1.807, 2.05) is 0 Å². The van der Waals surface area contributed by atoms with Crippen LogP contribution in [0, 0.1) is 6.92 Å². The van der Waals surface area contributed by atoms with Crippen molar-refractivity contribution < 1.29 is 0 Å². The third-order valence-corrected chi connectivity index (χ3v) is 5.66. The minimum atomic E-state index is 0.611. The van der Waals surface area contributed by atoms with Crippen LogP contribution in [0.15, 0.2) is 8.95 Å². The van der Waals surface area contributed by atoms with E-state index in [1.165, 1.54) is 21.1 Å². The lowest BCUT2D eigenvalue weighted by atomic mass is 10.0. The first-order valence-corrected chi connectivity index (χ1v) is 8.04. The van der Waals surface area contributed by atoms with E-state index in [1.54, 1.807) is 0 Å². The first-order valence-electron chi connectivity index (χ1n) is 6.45. The molecule has 2 aromatic rings. The van der Waals surface area contributed by atoms with Gasteiger partial charge in [0.15, 0.2) is 0 Å². The van der Waals surface area contributed by atoms with Crippen molar-refractivity contribution in [1.29, 1.82) is 0 Å². The Morgan fingerprint density at radius 2 is 2.16 bits per heavy atom. The van der Waals surface area contributed by atoms with E-state index in [9.17, 15) is 0 Å². The van der Waals surface area contributed by atoms with Gasteiger partial charge in [-0.25, -0.2) is 4.98 Å². The Hall–Kier alpha value is -0.590. The number of nitrogens with zero attached hydrogens (tertiary/aromatic N) is 2. The van der Waals surface area contributed by atoms with E-state index in [2.05, 4.69) is 48.7 Å². The zero-order valence-electron chi connectivity index (χ0n) is 10.8. The lowest BCUT2D eigenvalue weighted by Gasteiger charge is -2.19. The van der Waals surface area contributed by atoms with Crippen LogP contribution in [0.25, 0.3) is 11.0 Å². The Kier molecular flexibility index (Phi) is 3.57. The fourth-order valence-corrected chi connectivity index (χ4v) is 4.02. The van der Waals surface area contributed by atoms with Crippen molar-refractivity contribution in [2.24, 2.45) is 5.73 Å². The Morgan fingerprint density at radius 1 is 1.37 bits per heavy atom. The number of halogens is 2. The monoisotopic (exact) mass is 386 g/mol. The van der Waals surface area contributed by atoms with Gasteiger partial charge in [0.1, 0.15) is 5.52 Å². The molecule has 1 aliphatic rings. The highest BCUT2D eigenvalue weighted by atomic mass is 79.9. The number of benzene rings is 1. The van der Waals surface area contributed by atoms with E-state index in [0.717, 1.165) is 41.9 Å². The molecule has 0 amide bonds. The number of nitrogens with two attached hydrogens (primary N) is 1. The minimum absolute atomic E-state index is 0.611. The number of imidazole rings is 1. The summed E-state index contributed by atoms with van der Waals surface area (Å²) in [6, 6.07) is 0. The van der Waals surface area contributed by atoms with Crippen molar-refractivity contribution >= 4 is 48.8 Å². The van der Waals surface area contributed by atoms with Gasteiger partial charge in [0, 0.05) is 28.6 Å². The van der Waals surface area contributed by atoms with Crippen LogP contribution in [0.3, 0.4) is 0 Å². The van der Waals surface area contributed by atoms with Crippen molar-refractivity contribution in [1.82, 2.24) is 9.55 Å². The van der Waals surface area contributed by atoms with Crippen molar-refractivity contribution in [2.75, 3.05) is 18.4 Å². The van der Waals surface area contributed by atoms with E-state index in [4.69, 9.17) is 10.7 Å². The number of aryl methyl sites for hydroxylation is 2.